The van der Waals surface area contributed by atoms with Crippen LogP contribution in [0, 0.1) is 0 Å². The standard InChI is InChI=1S/C22H48O6Si3/c1-9-22(24)26-20-21(23)19-25-17-16-18-30(12-4,13-5)28-31(14-6,15-7)27-29(8,10-2)11-3/h9,21,23H,1,10-20H2,2-8H3. The maximum Gasteiger partial charge on any atom is 0.330 e. The van der Waals surface area contributed by atoms with Crippen molar-refractivity contribution in [2.24, 2.45) is 0 Å². The highest BCUT2D eigenvalue weighted by atomic mass is 28.5. The third kappa shape index (κ3) is 10.9. The summed E-state index contributed by atoms with van der Waals surface area (Å²) in [6, 6.07) is 7.48. The second-order valence-electron chi connectivity index (χ2n) is 8.54. The Morgan fingerprint density at radius 1 is 0.935 bits per heavy atom. The smallest absolute Gasteiger partial charge is 0.330 e. The zero-order valence-electron chi connectivity index (χ0n) is 21.1. The number of aliphatic hydroxyl groups is 1. The third-order valence-electron chi connectivity index (χ3n) is 6.51. The Morgan fingerprint density at radius 3 is 1.97 bits per heavy atom. The second-order valence-corrected chi connectivity index (χ2v) is 22.0. The first-order valence-electron chi connectivity index (χ1n) is 12.1. The van der Waals surface area contributed by atoms with Crippen molar-refractivity contribution in [2.45, 2.75) is 103 Å². The van der Waals surface area contributed by atoms with Gasteiger partial charge in [0.05, 0.1) is 6.61 Å². The number of esters is 1. The van der Waals surface area contributed by atoms with Gasteiger partial charge in [-0.1, -0.05) is 48.1 Å². The Morgan fingerprint density at radius 2 is 1.52 bits per heavy atom. The van der Waals surface area contributed by atoms with Gasteiger partial charge in [0, 0.05) is 12.7 Å². The number of aliphatic hydroxyl groups excluding tert-OH is 1. The van der Waals surface area contributed by atoms with E-state index in [1.54, 1.807) is 0 Å². The minimum absolute atomic E-state index is 0.0768. The summed E-state index contributed by atoms with van der Waals surface area (Å²) in [5.41, 5.74) is 0. The molecule has 0 fully saturated rings. The molecule has 1 N–H and O–H groups in total. The quantitative estimate of drug-likeness (QED) is 0.109. The van der Waals surface area contributed by atoms with Crippen LogP contribution in [0.1, 0.15) is 48.0 Å². The van der Waals surface area contributed by atoms with Gasteiger partial charge in [-0.2, -0.15) is 0 Å². The van der Waals surface area contributed by atoms with Gasteiger partial charge in [-0.25, -0.2) is 4.79 Å². The van der Waals surface area contributed by atoms with Gasteiger partial charge in [-0.3, -0.25) is 0 Å². The van der Waals surface area contributed by atoms with Crippen molar-refractivity contribution in [2.75, 3.05) is 19.8 Å². The predicted molar refractivity (Wildman–Crippen MR) is 136 cm³/mol. The van der Waals surface area contributed by atoms with Crippen LogP contribution in [-0.2, 0) is 22.5 Å². The van der Waals surface area contributed by atoms with E-state index >= 15 is 0 Å². The summed E-state index contributed by atoms with van der Waals surface area (Å²) in [6.07, 6.45) is 1.17. The summed E-state index contributed by atoms with van der Waals surface area (Å²) in [5.74, 6) is -0.537. The van der Waals surface area contributed by atoms with Crippen molar-refractivity contribution >= 4 is 31.2 Å². The normalized spacial score (nSPS) is 13.8. The van der Waals surface area contributed by atoms with Gasteiger partial charge in [0.15, 0.2) is 16.6 Å². The highest BCUT2D eigenvalue weighted by Crippen LogP contribution is 2.35. The third-order valence-corrected chi connectivity index (χ3v) is 22.2. The average molecular weight is 493 g/mol. The van der Waals surface area contributed by atoms with Crippen LogP contribution in [0.4, 0.5) is 0 Å². The van der Waals surface area contributed by atoms with E-state index in [1.807, 2.05) is 0 Å². The van der Waals surface area contributed by atoms with E-state index in [1.165, 1.54) is 0 Å². The first-order chi connectivity index (χ1) is 14.6. The molecule has 6 nitrogen and oxygen atoms in total. The molecule has 0 amide bonds. The molecule has 0 saturated heterocycles. The lowest BCUT2D eigenvalue weighted by Crippen LogP contribution is -2.57. The van der Waals surface area contributed by atoms with Crippen molar-refractivity contribution in [3.63, 3.8) is 0 Å². The lowest BCUT2D eigenvalue weighted by atomic mass is 10.4. The second kappa shape index (κ2) is 15.5. The number of carbonyl (C=O) groups excluding carboxylic acids is 1. The molecule has 1 atom stereocenters. The number of ether oxygens (including phenoxy) is 2. The minimum atomic E-state index is -2.22. The van der Waals surface area contributed by atoms with Gasteiger partial charge in [-0.15, -0.1) is 0 Å². The molecule has 0 aromatic carbocycles. The Bertz CT molecular complexity index is 505. The Balaban J connectivity index is 4.87. The van der Waals surface area contributed by atoms with Crippen LogP contribution >= 0.6 is 0 Å². The molecule has 0 aromatic rings. The van der Waals surface area contributed by atoms with Crippen LogP contribution in [0.25, 0.3) is 0 Å². The lowest BCUT2D eigenvalue weighted by Gasteiger charge is -2.44. The zero-order chi connectivity index (χ0) is 24.0. The van der Waals surface area contributed by atoms with E-state index in [9.17, 15) is 9.90 Å². The van der Waals surface area contributed by atoms with Gasteiger partial charge >= 0.3 is 14.5 Å². The number of rotatable bonds is 19. The fourth-order valence-corrected chi connectivity index (χ4v) is 18.9. The Labute approximate surface area is 194 Å². The van der Waals surface area contributed by atoms with Crippen molar-refractivity contribution in [3.8, 4) is 0 Å². The molecule has 0 spiro atoms. The first-order valence-corrected chi connectivity index (χ1v) is 19.7. The van der Waals surface area contributed by atoms with Crippen LogP contribution in [-0.4, -0.2) is 62.2 Å². The van der Waals surface area contributed by atoms with E-state index in [2.05, 4.69) is 54.7 Å². The molecular formula is C22H48O6Si3. The topological polar surface area (TPSA) is 74.2 Å². The summed E-state index contributed by atoms with van der Waals surface area (Å²) in [6.45, 7) is 19.8. The summed E-state index contributed by atoms with van der Waals surface area (Å²) >= 11 is 0. The maximum absolute atomic E-state index is 11.1. The Hall–Kier alpha value is -0.299. The number of hydrogen-bond donors (Lipinski definition) is 1. The molecule has 9 heteroatoms. The molecule has 0 rings (SSSR count). The fraction of sp³-hybridized carbons (Fsp3) is 0.864. The summed E-state index contributed by atoms with van der Waals surface area (Å²) in [4.78, 5) is 11.1. The maximum atomic E-state index is 11.1. The molecule has 0 bridgehead atoms. The molecule has 184 valence electrons. The molecule has 0 radical (unpaired) electrons. The van der Waals surface area contributed by atoms with Gasteiger partial charge in [0.25, 0.3) is 0 Å². The first kappa shape index (κ1) is 30.7. The van der Waals surface area contributed by atoms with E-state index in [0.717, 1.165) is 54.8 Å². The largest absolute Gasteiger partial charge is 0.460 e. The van der Waals surface area contributed by atoms with Crippen molar-refractivity contribution in [3.05, 3.63) is 12.7 Å². The molecule has 0 aliphatic rings. The van der Waals surface area contributed by atoms with E-state index in [0.29, 0.717) is 6.61 Å². The molecule has 0 heterocycles. The summed E-state index contributed by atoms with van der Waals surface area (Å²) < 4.78 is 24.6. The van der Waals surface area contributed by atoms with Crippen molar-refractivity contribution in [1.82, 2.24) is 0 Å². The molecule has 0 saturated carbocycles. The molecule has 0 aliphatic carbocycles. The minimum Gasteiger partial charge on any atom is -0.460 e. The summed E-state index contributed by atoms with van der Waals surface area (Å²) in [5, 5.41) is 9.86. The molecule has 0 aromatic heterocycles. The van der Waals surface area contributed by atoms with Crippen LogP contribution in [0.3, 0.4) is 0 Å². The molecular weight excluding hydrogens is 444 g/mol. The van der Waals surface area contributed by atoms with Crippen LogP contribution in [0.15, 0.2) is 12.7 Å². The van der Waals surface area contributed by atoms with E-state index in [4.69, 9.17) is 17.7 Å². The van der Waals surface area contributed by atoms with Gasteiger partial charge in [0.1, 0.15) is 12.7 Å². The monoisotopic (exact) mass is 492 g/mol. The van der Waals surface area contributed by atoms with E-state index in [-0.39, 0.29) is 13.2 Å². The summed E-state index contributed by atoms with van der Waals surface area (Å²) in [7, 11) is -5.86. The van der Waals surface area contributed by atoms with Crippen molar-refractivity contribution < 1.29 is 27.6 Å². The number of carbonyl (C=O) groups is 1. The molecule has 31 heavy (non-hydrogen) atoms. The fourth-order valence-electron chi connectivity index (χ4n) is 3.60. The average Bonchev–Trinajstić information content (AvgIpc) is 2.80. The SMILES string of the molecule is C=CC(=O)OCC(O)COCCC[Si](CC)(CC)O[Si](CC)(CC)O[Si](C)(CC)CC. The van der Waals surface area contributed by atoms with Gasteiger partial charge in [0.2, 0.25) is 0 Å². The lowest BCUT2D eigenvalue weighted by molar-refractivity contribution is -0.141. The zero-order valence-corrected chi connectivity index (χ0v) is 24.1. The Kier molecular flexibility index (Phi) is 15.4. The predicted octanol–water partition coefficient (Wildman–Crippen LogP) is 5.60. The van der Waals surface area contributed by atoms with E-state index < -0.39 is 37.3 Å². The van der Waals surface area contributed by atoms with Crippen LogP contribution < -0.4 is 0 Å². The van der Waals surface area contributed by atoms with Gasteiger partial charge < -0.3 is 22.8 Å². The highest BCUT2D eigenvalue weighted by Gasteiger charge is 2.46. The van der Waals surface area contributed by atoms with Gasteiger partial charge in [-0.05, 0) is 55.3 Å². The highest BCUT2D eigenvalue weighted by molar-refractivity contribution is 6.89. The van der Waals surface area contributed by atoms with Crippen LogP contribution in [0.2, 0.25) is 48.9 Å². The number of hydrogen-bond acceptors (Lipinski definition) is 6. The molecule has 0 aliphatic heterocycles. The molecule has 1 unspecified atom stereocenters. The van der Waals surface area contributed by atoms with Crippen molar-refractivity contribution in [1.29, 1.82) is 0 Å². The van der Waals surface area contributed by atoms with Crippen LogP contribution in [0.5, 0.6) is 0 Å².